The second kappa shape index (κ2) is 7.72. The van der Waals surface area contributed by atoms with E-state index in [4.69, 9.17) is 9.84 Å². The maximum atomic E-state index is 12.5. The summed E-state index contributed by atoms with van der Waals surface area (Å²) < 4.78 is 9.20. The van der Waals surface area contributed by atoms with Crippen LogP contribution in [0.2, 0.25) is 0 Å². The van der Waals surface area contributed by atoms with Gasteiger partial charge in [0.25, 0.3) is 0 Å². The van der Waals surface area contributed by atoms with E-state index in [1.54, 1.807) is 4.68 Å². The van der Waals surface area contributed by atoms with Gasteiger partial charge in [-0.05, 0) is 31.5 Å². The molecule has 0 N–H and O–H groups in total. The number of esters is 1. The van der Waals surface area contributed by atoms with Gasteiger partial charge in [-0.15, -0.1) is 0 Å². The van der Waals surface area contributed by atoms with Crippen LogP contribution < -0.4 is 0 Å². The van der Waals surface area contributed by atoms with Gasteiger partial charge in [0.05, 0.1) is 18.8 Å². The molecule has 0 atom stereocenters. The van der Waals surface area contributed by atoms with Crippen LogP contribution in [-0.4, -0.2) is 26.9 Å². The normalized spacial score (nSPS) is 11.1. The van der Waals surface area contributed by atoms with Gasteiger partial charge in [-0.25, -0.2) is 4.79 Å². The predicted molar refractivity (Wildman–Crippen MR) is 110 cm³/mol. The molecule has 0 aliphatic rings. The smallest absolute Gasteiger partial charge is 0.356 e. The van der Waals surface area contributed by atoms with Crippen LogP contribution in [0.4, 0.5) is 0 Å². The van der Waals surface area contributed by atoms with Crippen LogP contribution in [0.15, 0.2) is 66.9 Å². The zero-order valence-electron chi connectivity index (χ0n) is 16.1. The van der Waals surface area contributed by atoms with Crippen molar-refractivity contribution < 1.29 is 9.53 Å². The van der Waals surface area contributed by atoms with Gasteiger partial charge in [0.2, 0.25) is 0 Å². The molecular formula is C23H23N3O2. The highest BCUT2D eigenvalue weighted by Gasteiger charge is 2.20. The Morgan fingerprint density at radius 2 is 1.79 bits per heavy atom. The maximum Gasteiger partial charge on any atom is 0.356 e. The molecule has 5 nitrogen and oxygen atoms in total. The van der Waals surface area contributed by atoms with E-state index in [0.29, 0.717) is 18.8 Å². The average Bonchev–Trinajstić information content (AvgIpc) is 3.30. The highest BCUT2D eigenvalue weighted by molar-refractivity contribution is 5.97. The van der Waals surface area contributed by atoms with E-state index in [1.807, 2.05) is 55.5 Å². The maximum absolute atomic E-state index is 12.5. The second-order valence-electron chi connectivity index (χ2n) is 6.62. The van der Waals surface area contributed by atoms with Gasteiger partial charge < -0.3 is 9.30 Å². The zero-order valence-corrected chi connectivity index (χ0v) is 16.1. The fourth-order valence-corrected chi connectivity index (χ4v) is 3.51. The van der Waals surface area contributed by atoms with Crippen LogP contribution in [-0.2, 0) is 17.8 Å². The first-order valence-corrected chi connectivity index (χ1v) is 9.58. The molecule has 0 aliphatic carbocycles. The predicted octanol–water partition coefficient (Wildman–Crippen LogP) is 4.75. The monoisotopic (exact) mass is 373 g/mol. The SMILES string of the molecule is CCOC(=O)c1cc(-c2cn(CC)c3ccccc23)nn1Cc1ccccc1. The van der Waals surface area contributed by atoms with Crippen LogP contribution in [0.1, 0.15) is 29.9 Å². The molecule has 2 aromatic heterocycles. The number of aromatic nitrogens is 3. The second-order valence-corrected chi connectivity index (χ2v) is 6.62. The largest absolute Gasteiger partial charge is 0.461 e. The lowest BCUT2D eigenvalue weighted by atomic mass is 10.1. The molecular weight excluding hydrogens is 350 g/mol. The molecule has 2 aromatic carbocycles. The number of nitrogens with zero attached hydrogens (tertiary/aromatic N) is 3. The minimum Gasteiger partial charge on any atom is -0.461 e. The third-order valence-electron chi connectivity index (χ3n) is 4.84. The number of benzene rings is 2. The molecule has 0 aliphatic heterocycles. The lowest BCUT2D eigenvalue weighted by molar-refractivity contribution is 0.0512. The number of carbonyl (C=O) groups is 1. The molecule has 0 saturated heterocycles. The van der Waals surface area contributed by atoms with Gasteiger partial charge in [-0.1, -0.05) is 48.5 Å². The number of hydrogen-bond acceptors (Lipinski definition) is 3. The minimum absolute atomic E-state index is 0.333. The van der Waals surface area contributed by atoms with Crippen molar-refractivity contribution in [3.63, 3.8) is 0 Å². The Labute approximate surface area is 164 Å². The third kappa shape index (κ3) is 3.31. The number of hydrogen-bond donors (Lipinski definition) is 0. The standard InChI is InChI=1S/C23H23N3O2/c1-3-25-16-19(18-12-8-9-13-21(18)25)20-14-22(23(27)28-4-2)26(24-20)15-17-10-6-5-7-11-17/h5-14,16H,3-4,15H2,1-2H3. The Morgan fingerprint density at radius 1 is 1.04 bits per heavy atom. The lowest BCUT2D eigenvalue weighted by Crippen LogP contribution is -2.14. The quantitative estimate of drug-likeness (QED) is 0.458. The van der Waals surface area contributed by atoms with Crippen molar-refractivity contribution in [2.45, 2.75) is 26.9 Å². The van der Waals surface area contributed by atoms with E-state index in [9.17, 15) is 4.79 Å². The molecule has 0 bridgehead atoms. The molecule has 4 aromatic rings. The molecule has 0 spiro atoms. The van der Waals surface area contributed by atoms with Gasteiger partial charge in [0.1, 0.15) is 5.69 Å². The van der Waals surface area contributed by atoms with E-state index in [-0.39, 0.29) is 5.97 Å². The number of ether oxygens (including phenoxy) is 1. The van der Waals surface area contributed by atoms with Crippen LogP contribution >= 0.6 is 0 Å². The highest BCUT2D eigenvalue weighted by Crippen LogP contribution is 2.30. The van der Waals surface area contributed by atoms with Gasteiger partial charge in [0.15, 0.2) is 0 Å². The van der Waals surface area contributed by atoms with Crippen molar-refractivity contribution in [1.29, 1.82) is 0 Å². The van der Waals surface area contributed by atoms with Crippen molar-refractivity contribution >= 4 is 16.9 Å². The first-order valence-electron chi connectivity index (χ1n) is 9.58. The molecule has 0 fully saturated rings. The summed E-state index contributed by atoms with van der Waals surface area (Å²) >= 11 is 0. The topological polar surface area (TPSA) is 49.1 Å². The van der Waals surface area contributed by atoms with Gasteiger partial charge in [-0.3, -0.25) is 4.68 Å². The average molecular weight is 373 g/mol. The number of aryl methyl sites for hydroxylation is 1. The summed E-state index contributed by atoms with van der Waals surface area (Å²) in [4.78, 5) is 12.5. The van der Waals surface area contributed by atoms with Crippen molar-refractivity contribution in [3.8, 4) is 11.3 Å². The number of para-hydroxylation sites is 1. The van der Waals surface area contributed by atoms with Gasteiger partial charge >= 0.3 is 5.97 Å². The fourth-order valence-electron chi connectivity index (χ4n) is 3.51. The number of carbonyl (C=O) groups excluding carboxylic acids is 1. The summed E-state index contributed by atoms with van der Waals surface area (Å²) in [5.74, 6) is -0.351. The van der Waals surface area contributed by atoms with Crippen molar-refractivity contribution in [2.75, 3.05) is 6.61 Å². The Balaban J connectivity index is 1.82. The summed E-state index contributed by atoms with van der Waals surface area (Å²) in [6, 6.07) is 20.1. The molecule has 5 heteroatoms. The van der Waals surface area contributed by atoms with Crippen molar-refractivity contribution in [3.05, 3.63) is 78.1 Å². The van der Waals surface area contributed by atoms with E-state index >= 15 is 0 Å². The van der Waals surface area contributed by atoms with E-state index < -0.39 is 0 Å². The number of rotatable bonds is 6. The molecule has 4 rings (SSSR count). The summed E-state index contributed by atoms with van der Waals surface area (Å²) in [6.45, 7) is 5.65. The Bertz CT molecular complexity index is 1110. The van der Waals surface area contributed by atoms with Crippen LogP contribution in [0, 0.1) is 0 Å². The lowest BCUT2D eigenvalue weighted by Gasteiger charge is -2.06. The summed E-state index contributed by atoms with van der Waals surface area (Å²) in [5, 5.41) is 5.91. The van der Waals surface area contributed by atoms with Crippen molar-refractivity contribution in [1.82, 2.24) is 14.3 Å². The molecule has 2 heterocycles. The molecule has 28 heavy (non-hydrogen) atoms. The van der Waals surface area contributed by atoms with E-state index in [1.165, 1.54) is 0 Å². The van der Waals surface area contributed by atoms with Gasteiger partial charge in [0, 0.05) is 29.2 Å². The van der Waals surface area contributed by atoms with Crippen molar-refractivity contribution in [2.24, 2.45) is 0 Å². The third-order valence-corrected chi connectivity index (χ3v) is 4.84. The zero-order chi connectivity index (χ0) is 19.5. The first kappa shape index (κ1) is 18.0. The summed E-state index contributed by atoms with van der Waals surface area (Å²) in [6.07, 6.45) is 2.11. The number of fused-ring (bicyclic) bond motifs is 1. The Hall–Kier alpha value is -3.34. The van der Waals surface area contributed by atoms with Crippen LogP contribution in [0.3, 0.4) is 0 Å². The minimum atomic E-state index is -0.351. The Kier molecular flexibility index (Phi) is 4.98. The van der Waals surface area contributed by atoms with E-state index in [0.717, 1.165) is 34.3 Å². The van der Waals surface area contributed by atoms with E-state index in [2.05, 4.69) is 29.8 Å². The van der Waals surface area contributed by atoms with Gasteiger partial charge in [-0.2, -0.15) is 5.10 Å². The molecule has 0 radical (unpaired) electrons. The highest BCUT2D eigenvalue weighted by atomic mass is 16.5. The molecule has 0 unspecified atom stereocenters. The molecule has 142 valence electrons. The molecule has 0 saturated carbocycles. The summed E-state index contributed by atoms with van der Waals surface area (Å²) in [5.41, 5.74) is 4.51. The van der Waals surface area contributed by atoms with Crippen LogP contribution in [0.5, 0.6) is 0 Å². The van der Waals surface area contributed by atoms with Crippen LogP contribution in [0.25, 0.3) is 22.2 Å². The molecule has 0 amide bonds. The first-order chi connectivity index (χ1) is 13.7. The Morgan fingerprint density at radius 3 is 2.54 bits per heavy atom. The summed E-state index contributed by atoms with van der Waals surface area (Å²) in [7, 11) is 0. The fraction of sp³-hybridized carbons (Fsp3) is 0.217.